The standard InChI is InChI=1S/C20H38N4O4.HI/c1-6-21-19(24-11-9-16(10-12-24)18(25)27-7-2)22-14-17(13-15(4)5)23-20(26)28-8-3;/h15-17H,6-14H2,1-5H3,(H,21,22)(H,23,26);1H. The first-order chi connectivity index (χ1) is 13.4. The van der Waals surface area contributed by atoms with Crippen LogP contribution in [-0.2, 0) is 14.3 Å². The topological polar surface area (TPSA) is 92.3 Å². The van der Waals surface area contributed by atoms with Crippen molar-refractivity contribution in [3.63, 3.8) is 0 Å². The molecule has 0 aromatic rings. The number of carbonyl (C=O) groups excluding carboxylic acids is 2. The third-order valence-electron chi connectivity index (χ3n) is 4.56. The van der Waals surface area contributed by atoms with Crippen LogP contribution in [0.15, 0.2) is 4.99 Å². The van der Waals surface area contributed by atoms with Crippen LogP contribution in [0.25, 0.3) is 0 Å². The molecule has 1 atom stereocenters. The smallest absolute Gasteiger partial charge is 0.407 e. The predicted octanol–water partition coefficient (Wildman–Crippen LogP) is 3.01. The van der Waals surface area contributed by atoms with Crippen LogP contribution in [0.3, 0.4) is 0 Å². The van der Waals surface area contributed by atoms with Gasteiger partial charge in [0.2, 0.25) is 0 Å². The quantitative estimate of drug-likeness (QED) is 0.208. The largest absolute Gasteiger partial charge is 0.466 e. The van der Waals surface area contributed by atoms with Gasteiger partial charge in [0.05, 0.1) is 31.7 Å². The average molecular weight is 526 g/mol. The van der Waals surface area contributed by atoms with Gasteiger partial charge in [-0.2, -0.15) is 0 Å². The van der Waals surface area contributed by atoms with Gasteiger partial charge in [-0.1, -0.05) is 13.8 Å². The molecule has 0 aliphatic carbocycles. The molecule has 1 heterocycles. The van der Waals surface area contributed by atoms with Gasteiger partial charge in [-0.15, -0.1) is 24.0 Å². The Kier molecular flexibility index (Phi) is 14.9. The fourth-order valence-corrected chi connectivity index (χ4v) is 3.30. The average Bonchev–Trinajstić information content (AvgIpc) is 2.65. The number of hydrogen-bond acceptors (Lipinski definition) is 5. The van der Waals surface area contributed by atoms with E-state index >= 15 is 0 Å². The van der Waals surface area contributed by atoms with E-state index in [-0.39, 0.29) is 41.9 Å². The maximum Gasteiger partial charge on any atom is 0.407 e. The third-order valence-corrected chi connectivity index (χ3v) is 4.56. The number of piperidine rings is 1. The molecule has 1 aliphatic heterocycles. The van der Waals surface area contributed by atoms with Crippen molar-refractivity contribution >= 4 is 42.0 Å². The summed E-state index contributed by atoms with van der Waals surface area (Å²) in [6, 6.07) is -0.0789. The van der Waals surface area contributed by atoms with E-state index in [1.807, 2.05) is 13.8 Å². The normalized spacial score (nSPS) is 16.1. The van der Waals surface area contributed by atoms with Gasteiger partial charge in [0, 0.05) is 19.6 Å². The van der Waals surface area contributed by atoms with Gasteiger partial charge >= 0.3 is 12.1 Å². The molecule has 0 radical (unpaired) electrons. The number of halogens is 1. The number of hydrogen-bond donors (Lipinski definition) is 2. The van der Waals surface area contributed by atoms with E-state index in [0.29, 0.717) is 25.7 Å². The molecule has 0 aromatic carbocycles. The lowest BCUT2D eigenvalue weighted by Gasteiger charge is -2.33. The fraction of sp³-hybridized carbons (Fsp3) is 0.850. The summed E-state index contributed by atoms with van der Waals surface area (Å²) in [5.74, 6) is 1.13. The predicted molar refractivity (Wildman–Crippen MR) is 126 cm³/mol. The molecule has 0 spiro atoms. The van der Waals surface area contributed by atoms with Crippen molar-refractivity contribution in [2.45, 2.75) is 59.9 Å². The van der Waals surface area contributed by atoms with Crippen molar-refractivity contribution in [3.8, 4) is 0 Å². The number of alkyl carbamates (subject to hydrolysis) is 1. The van der Waals surface area contributed by atoms with E-state index in [0.717, 1.165) is 44.9 Å². The number of guanidine groups is 1. The highest BCUT2D eigenvalue weighted by Gasteiger charge is 2.27. The molecule has 1 unspecified atom stereocenters. The third kappa shape index (κ3) is 10.9. The molecule has 0 saturated carbocycles. The summed E-state index contributed by atoms with van der Waals surface area (Å²) in [5.41, 5.74) is 0. The monoisotopic (exact) mass is 526 g/mol. The van der Waals surface area contributed by atoms with Gasteiger partial charge in [0.15, 0.2) is 5.96 Å². The molecule has 1 amide bonds. The molecule has 1 aliphatic rings. The summed E-state index contributed by atoms with van der Waals surface area (Å²) >= 11 is 0. The van der Waals surface area contributed by atoms with Crippen LogP contribution in [0.4, 0.5) is 4.79 Å². The Balaban J connectivity index is 0.00000784. The number of aliphatic imine (C=N–C) groups is 1. The fourth-order valence-electron chi connectivity index (χ4n) is 3.30. The second kappa shape index (κ2) is 15.6. The Morgan fingerprint density at radius 3 is 2.24 bits per heavy atom. The van der Waals surface area contributed by atoms with Gasteiger partial charge < -0.3 is 25.0 Å². The second-order valence-electron chi connectivity index (χ2n) is 7.40. The molecule has 8 nitrogen and oxygen atoms in total. The summed E-state index contributed by atoms with van der Waals surface area (Å²) in [6.07, 6.45) is 1.95. The lowest BCUT2D eigenvalue weighted by Crippen LogP contribution is -2.47. The van der Waals surface area contributed by atoms with Crippen molar-refractivity contribution in [2.75, 3.05) is 39.4 Å². The van der Waals surface area contributed by atoms with Gasteiger partial charge in [0.1, 0.15) is 0 Å². The maximum absolute atomic E-state index is 11.9. The zero-order valence-electron chi connectivity index (χ0n) is 18.5. The van der Waals surface area contributed by atoms with Crippen LogP contribution in [0.2, 0.25) is 0 Å². The molecule has 2 N–H and O–H groups in total. The first-order valence-corrected chi connectivity index (χ1v) is 10.5. The van der Waals surface area contributed by atoms with Gasteiger partial charge in [-0.25, -0.2) is 4.79 Å². The number of nitrogens with zero attached hydrogens (tertiary/aromatic N) is 2. The zero-order chi connectivity index (χ0) is 20.9. The Morgan fingerprint density at radius 2 is 1.72 bits per heavy atom. The van der Waals surface area contributed by atoms with E-state index in [4.69, 9.17) is 14.5 Å². The highest BCUT2D eigenvalue weighted by Crippen LogP contribution is 2.19. The molecule has 29 heavy (non-hydrogen) atoms. The number of ether oxygens (including phenoxy) is 2. The molecule has 9 heteroatoms. The number of esters is 1. The molecule has 1 rings (SSSR count). The van der Waals surface area contributed by atoms with Crippen LogP contribution in [0.5, 0.6) is 0 Å². The molecule has 1 saturated heterocycles. The van der Waals surface area contributed by atoms with Crippen molar-refractivity contribution in [1.82, 2.24) is 15.5 Å². The van der Waals surface area contributed by atoms with Crippen LogP contribution in [0, 0.1) is 11.8 Å². The summed E-state index contributed by atoms with van der Waals surface area (Å²) in [6.45, 7) is 13.4. The minimum absolute atomic E-state index is 0. The number of rotatable bonds is 9. The number of amides is 1. The molecule has 0 aromatic heterocycles. The number of carbonyl (C=O) groups is 2. The van der Waals surface area contributed by atoms with Crippen molar-refractivity contribution < 1.29 is 19.1 Å². The van der Waals surface area contributed by atoms with Gasteiger partial charge in [-0.05, 0) is 46.0 Å². The van der Waals surface area contributed by atoms with E-state index in [9.17, 15) is 9.59 Å². The molecule has 1 fully saturated rings. The highest BCUT2D eigenvalue weighted by molar-refractivity contribution is 14.0. The van der Waals surface area contributed by atoms with E-state index in [2.05, 4.69) is 29.4 Å². The summed E-state index contributed by atoms with van der Waals surface area (Å²) in [5, 5.41) is 6.23. The van der Waals surface area contributed by atoms with Crippen LogP contribution < -0.4 is 10.6 Å². The van der Waals surface area contributed by atoms with Crippen LogP contribution in [-0.4, -0.2) is 68.4 Å². The van der Waals surface area contributed by atoms with Crippen molar-refractivity contribution in [3.05, 3.63) is 0 Å². The van der Waals surface area contributed by atoms with E-state index < -0.39 is 6.09 Å². The molecule has 0 bridgehead atoms. The van der Waals surface area contributed by atoms with E-state index in [1.54, 1.807) is 6.92 Å². The SMILES string of the molecule is CCNC(=NCC(CC(C)C)NC(=O)OCC)N1CCC(C(=O)OCC)CC1.I. The molecule has 170 valence electrons. The lowest BCUT2D eigenvalue weighted by atomic mass is 9.97. The lowest BCUT2D eigenvalue weighted by molar-refractivity contribution is -0.149. The van der Waals surface area contributed by atoms with Gasteiger partial charge in [-0.3, -0.25) is 9.79 Å². The summed E-state index contributed by atoms with van der Waals surface area (Å²) in [7, 11) is 0. The number of likely N-dealkylation sites (tertiary alicyclic amines) is 1. The van der Waals surface area contributed by atoms with Crippen LogP contribution >= 0.6 is 24.0 Å². The minimum atomic E-state index is -0.399. The van der Waals surface area contributed by atoms with Crippen LogP contribution in [0.1, 0.15) is 53.9 Å². The first kappa shape index (κ1) is 27.7. The molecular weight excluding hydrogens is 487 g/mol. The maximum atomic E-state index is 11.9. The first-order valence-electron chi connectivity index (χ1n) is 10.5. The summed E-state index contributed by atoms with van der Waals surface area (Å²) < 4.78 is 10.2. The highest BCUT2D eigenvalue weighted by atomic mass is 127. The van der Waals surface area contributed by atoms with E-state index in [1.165, 1.54) is 0 Å². The minimum Gasteiger partial charge on any atom is -0.466 e. The Morgan fingerprint density at radius 1 is 1.10 bits per heavy atom. The Bertz CT molecular complexity index is 509. The summed E-state index contributed by atoms with van der Waals surface area (Å²) in [4.78, 5) is 30.7. The second-order valence-corrected chi connectivity index (χ2v) is 7.40. The Hall–Kier alpha value is -1.26. The van der Waals surface area contributed by atoms with Gasteiger partial charge in [0.25, 0.3) is 0 Å². The molecular formula is C20H39IN4O4. The number of nitrogens with one attached hydrogen (secondary N) is 2. The Labute approximate surface area is 192 Å². The zero-order valence-corrected chi connectivity index (χ0v) is 20.9. The van der Waals surface area contributed by atoms with Crippen molar-refractivity contribution in [1.29, 1.82) is 0 Å². The van der Waals surface area contributed by atoms with Crippen molar-refractivity contribution in [2.24, 2.45) is 16.8 Å².